The summed E-state index contributed by atoms with van der Waals surface area (Å²) in [7, 11) is 0. The number of benzene rings is 1. The maximum Gasteiger partial charge on any atom is 0.238 e. The molecule has 0 saturated carbocycles. The predicted octanol–water partition coefficient (Wildman–Crippen LogP) is 2.90. The Hall–Kier alpha value is -0.910. The minimum absolute atomic E-state index is 0.0449. The summed E-state index contributed by atoms with van der Waals surface area (Å²) in [6.07, 6.45) is 4.54. The van der Waals surface area contributed by atoms with Gasteiger partial charge in [-0.2, -0.15) is 0 Å². The van der Waals surface area contributed by atoms with Gasteiger partial charge in [0.05, 0.1) is 12.2 Å². The summed E-state index contributed by atoms with van der Waals surface area (Å²) in [5.41, 5.74) is 7.67. The van der Waals surface area contributed by atoms with Gasteiger partial charge in [0.25, 0.3) is 0 Å². The number of carbonyl (C=O) groups is 1. The molecule has 0 bridgehead atoms. The average Bonchev–Trinajstić information content (AvgIpc) is 2.44. The number of anilines is 1. The molecule has 0 radical (unpaired) electrons. The fourth-order valence-electron chi connectivity index (χ4n) is 2.88. The lowest BCUT2D eigenvalue weighted by Crippen LogP contribution is -2.44. The summed E-state index contributed by atoms with van der Waals surface area (Å²) in [6, 6.07) is 6.40. The van der Waals surface area contributed by atoms with Gasteiger partial charge in [-0.3, -0.25) is 9.69 Å². The lowest BCUT2D eigenvalue weighted by Gasteiger charge is -2.35. The Kier molecular flexibility index (Phi) is 6.21. The molecule has 2 rings (SSSR count). The summed E-state index contributed by atoms with van der Waals surface area (Å²) in [5.74, 6) is 0.0449. The van der Waals surface area contributed by atoms with Crippen LogP contribution in [0.2, 0.25) is 0 Å². The van der Waals surface area contributed by atoms with Crippen LogP contribution in [0.4, 0.5) is 5.69 Å². The maximum atomic E-state index is 12.3. The van der Waals surface area contributed by atoms with Crippen molar-refractivity contribution in [3.05, 3.63) is 28.2 Å². The van der Waals surface area contributed by atoms with Crippen molar-refractivity contribution in [3.63, 3.8) is 0 Å². The van der Waals surface area contributed by atoms with Crippen LogP contribution in [0.3, 0.4) is 0 Å². The van der Waals surface area contributed by atoms with Gasteiger partial charge in [0.2, 0.25) is 5.91 Å². The molecule has 21 heavy (non-hydrogen) atoms. The molecule has 0 aromatic heterocycles. The molecule has 1 aromatic carbocycles. The van der Waals surface area contributed by atoms with Crippen LogP contribution in [0, 0.1) is 6.92 Å². The Morgan fingerprint density at radius 1 is 1.48 bits per heavy atom. The summed E-state index contributed by atoms with van der Waals surface area (Å²) in [5, 5.41) is 2.99. The highest BCUT2D eigenvalue weighted by Crippen LogP contribution is 2.24. The number of hydrogen-bond donors (Lipinski definition) is 2. The van der Waals surface area contributed by atoms with E-state index in [1.165, 1.54) is 18.4 Å². The first-order chi connectivity index (χ1) is 10.1. The van der Waals surface area contributed by atoms with Crippen LogP contribution in [0.1, 0.15) is 31.2 Å². The van der Waals surface area contributed by atoms with Crippen LogP contribution >= 0.6 is 15.9 Å². The van der Waals surface area contributed by atoms with Crippen molar-refractivity contribution in [1.29, 1.82) is 0 Å². The van der Waals surface area contributed by atoms with E-state index in [9.17, 15) is 4.79 Å². The topological polar surface area (TPSA) is 58.4 Å². The van der Waals surface area contributed by atoms with E-state index in [4.69, 9.17) is 5.73 Å². The fraction of sp³-hybridized carbons (Fsp3) is 0.562. The van der Waals surface area contributed by atoms with Gasteiger partial charge in [-0.05, 0) is 72.9 Å². The van der Waals surface area contributed by atoms with E-state index < -0.39 is 0 Å². The van der Waals surface area contributed by atoms with E-state index in [-0.39, 0.29) is 5.91 Å². The Balaban J connectivity index is 1.93. The van der Waals surface area contributed by atoms with Crippen LogP contribution in [0.15, 0.2) is 22.7 Å². The van der Waals surface area contributed by atoms with Crippen molar-refractivity contribution in [2.24, 2.45) is 5.73 Å². The van der Waals surface area contributed by atoms with E-state index in [1.54, 1.807) is 0 Å². The molecule has 1 aromatic rings. The quantitative estimate of drug-likeness (QED) is 0.855. The van der Waals surface area contributed by atoms with Crippen molar-refractivity contribution in [1.82, 2.24) is 4.90 Å². The number of likely N-dealkylation sites (tertiary alicyclic amines) is 1. The molecular weight excluding hydrogens is 330 g/mol. The van der Waals surface area contributed by atoms with Gasteiger partial charge in [-0.25, -0.2) is 0 Å². The van der Waals surface area contributed by atoms with E-state index in [2.05, 4.69) is 26.1 Å². The molecule has 1 heterocycles. The van der Waals surface area contributed by atoms with Crippen molar-refractivity contribution in [2.45, 2.75) is 38.6 Å². The molecule has 1 saturated heterocycles. The number of nitrogens with zero attached hydrogens (tertiary/aromatic N) is 1. The third-order valence-electron chi connectivity index (χ3n) is 3.99. The molecule has 0 aliphatic carbocycles. The minimum Gasteiger partial charge on any atom is -0.330 e. The molecule has 116 valence electrons. The molecule has 1 atom stereocenters. The number of nitrogens with one attached hydrogen (secondary N) is 1. The predicted molar refractivity (Wildman–Crippen MR) is 90.4 cm³/mol. The summed E-state index contributed by atoms with van der Waals surface area (Å²) in [6.45, 7) is 4.16. The van der Waals surface area contributed by atoms with E-state index in [0.717, 1.165) is 29.5 Å². The molecule has 1 unspecified atom stereocenters. The second kappa shape index (κ2) is 7.92. The Labute approximate surface area is 135 Å². The number of halogens is 1. The van der Waals surface area contributed by atoms with E-state index >= 15 is 0 Å². The first kappa shape index (κ1) is 16.5. The van der Waals surface area contributed by atoms with Crippen molar-refractivity contribution in [3.8, 4) is 0 Å². The number of carbonyl (C=O) groups excluding carboxylic acids is 1. The molecule has 4 nitrogen and oxygen atoms in total. The summed E-state index contributed by atoms with van der Waals surface area (Å²) in [4.78, 5) is 14.5. The second-order valence-electron chi connectivity index (χ2n) is 5.73. The van der Waals surface area contributed by atoms with Gasteiger partial charge in [0.15, 0.2) is 0 Å². The molecule has 1 aliphatic rings. The summed E-state index contributed by atoms with van der Waals surface area (Å²) < 4.78 is 0.924. The molecule has 5 heteroatoms. The third kappa shape index (κ3) is 4.80. The zero-order valence-corrected chi connectivity index (χ0v) is 14.2. The van der Waals surface area contributed by atoms with Gasteiger partial charge in [-0.15, -0.1) is 0 Å². The third-order valence-corrected chi connectivity index (χ3v) is 4.65. The Morgan fingerprint density at radius 3 is 3.00 bits per heavy atom. The zero-order valence-electron chi connectivity index (χ0n) is 12.6. The number of piperidine rings is 1. The monoisotopic (exact) mass is 353 g/mol. The number of hydrogen-bond acceptors (Lipinski definition) is 3. The Bertz CT molecular complexity index is 490. The number of rotatable bonds is 5. The number of nitrogens with two attached hydrogens (primary N) is 1. The molecule has 1 aliphatic heterocycles. The SMILES string of the molecule is Cc1ccc(NC(=O)CN2CCCCC2CCN)c(Br)c1. The average molecular weight is 354 g/mol. The van der Waals surface area contributed by atoms with E-state index in [0.29, 0.717) is 19.1 Å². The standard InChI is InChI=1S/C16H24BrN3O/c1-12-5-6-15(14(17)10-12)19-16(21)11-20-9-3-2-4-13(20)7-8-18/h5-6,10,13H,2-4,7-9,11,18H2,1H3,(H,19,21). The first-order valence-electron chi connectivity index (χ1n) is 7.60. The lowest BCUT2D eigenvalue weighted by atomic mass is 9.99. The smallest absolute Gasteiger partial charge is 0.238 e. The largest absolute Gasteiger partial charge is 0.330 e. The highest BCUT2D eigenvalue weighted by atomic mass is 79.9. The normalized spacial score (nSPS) is 19.5. The molecule has 0 spiro atoms. The molecule has 1 amide bonds. The lowest BCUT2D eigenvalue weighted by molar-refractivity contribution is -0.118. The first-order valence-corrected chi connectivity index (χ1v) is 8.39. The highest BCUT2D eigenvalue weighted by molar-refractivity contribution is 9.10. The maximum absolute atomic E-state index is 12.3. The van der Waals surface area contributed by atoms with Crippen LogP contribution in [0.25, 0.3) is 0 Å². The van der Waals surface area contributed by atoms with Crippen LogP contribution in [-0.2, 0) is 4.79 Å². The van der Waals surface area contributed by atoms with Crippen molar-refractivity contribution in [2.75, 3.05) is 25.0 Å². The Morgan fingerprint density at radius 2 is 2.29 bits per heavy atom. The zero-order chi connectivity index (χ0) is 15.2. The van der Waals surface area contributed by atoms with Gasteiger partial charge >= 0.3 is 0 Å². The highest BCUT2D eigenvalue weighted by Gasteiger charge is 2.23. The van der Waals surface area contributed by atoms with E-state index in [1.807, 2.05) is 25.1 Å². The van der Waals surface area contributed by atoms with Gasteiger partial charge in [0, 0.05) is 10.5 Å². The molecular formula is C16H24BrN3O. The van der Waals surface area contributed by atoms with Crippen LogP contribution in [0.5, 0.6) is 0 Å². The molecule has 3 N–H and O–H groups in total. The van der Waals surface area contributed by atoms with Gasteiger partial charge in [0.1, 0.15) is 0 Å². The van der Waals surface area contributed by atoms with Crippen molar-refractivity contribution < 1.29 is 4.79 Å². The van der Waals surface area contributed by atoms with Gasteiger partial charge in [-0.1, -0.05) is 12.5 Å². The van der Waals surface area contributed by atoms with Crippen LogP contribution in [-0.4, -0.2) is 36.5 Å². The summed E-state index contributed by atoms with van der Waals surface area (Å²) >= 11 is 3.49. The molecule has 1 fully saturated rings. The van der Waals surface area contributed by atoms with Gasteiger partial charge < -0.3 is 11.1 Å². The van der Waals surface area contributed by atoms with Crippen molar-refractivity contribution >= 4 is 27.5 Å². The number of amides is 1. The number of aryl methyl sites for hydroxylation is 1. The second-order valence-corrected chi connectivity index (χ2v) is 6.58. The minimum atomic E-state index is 0.0449. The van der Waals surface area contributed by atoms with Crippen LogP contribution < -0.4 is 11.1 Å². The fourth-order valence-corrected chi connectivity index (χ4v) is 3.48.